The van der Waals surface area contributed by atoms with E-state index < -0.39 is 36.9 Å². The minimum Gasteiger partial charge on any atom is -0.467 e. The number of methoxy groups -OCH3 is 1. The van der Waals surface area contributed by atoms with Crippen LogP contribution in [-0.4, -0.2) is 62.0 Å². The fourth-order valence-electron chi connectivity index (χ4n) is 1.41. The maximum atomic E-state index is 12.8. The van der Waals surface area contributed by atoms with Crippen molar-refractivity contribution in [2.75, 3.05) is 26.8 Å². The average molecular weight is 273 g/mol. The third kappa shape index (κ3) is 2.89. The lowest BCUT2D eigenvalue weighted by Crippen LogP contribution is -2.55. The van der Waals surface area contributed by atoms with Gasteiger partial charge in [0, 0.05) is 6.54 Å². The Morgan fingerprint density at radius 2 is 2.06 bits per heavy atom. The fraction of sp³-hybridized carbons (Fsp3) is 0.778. The van der Waals surface area contributed by atoms with Gasteiger partial charge in [-0.15, -0.1) is 0 Å². The molecule has 1 atom stereocenters. The molecule has 1 fully saturated rings. The Bertz CT molecular complexity index is 337. The van der Waals surface area contributed by atoms with Gasteiger partial charge >= 0.3 is 18.3 Å². The van der Waals surface area contributed by atoms with Crippen LogP contribution in [-0.2, 0) is 19.1 Å². The van der Waals surface area contributed by atoms with Crippen molar-refractivity contribution >= 4 is 11.9 Å². The third-order valence-corrected chi connectivity index (χ3v) is 2.38. The molecule has 1 heterocycles. The first kappa shape index (κ1) is 14.7. The number of alkyl halides is 4. The summed E-state index contributed by atoms with van der Waals surface area (Å²) in [6.45, 7) is -1.02. The highest BCUT2D eigenvalue weighted by atomic mass is 19.3. The standard InChI is InChI=1S/C9H11F4NO4/c1-17-6(15)5-4-14(2-3-18-5)8(16)9(12,13)7(10)11/h5,7H,2-4H2,1H3. The van der Waals surface area contributed by atoms with E-state index in [1.807, 2.05) is 0 Å². The van der Waals surface area contributed by atoms with Gasteiger partial charge in [-0.25, -0.2) is 13.6 Å². The van der Waals surface area contributed by atoms with Crippen LogP contribution in [0.5, 0.6) is 0 Å². The molecular weight excluding hydrogens is 262 g/mol. The largest absolute Gasteiger partial charge is 0.467 e. The van der Waals surface area contributed by atoms with Crippen molar-refractivity contribution < 1.29 is 36.6 Å². The molecule has 1 aliphatic heterocycles. The number of hydrogen-bond acceptors (Lipinski definition) is 4. The zero-order chi connectivity index (χ0) is 13.9. The predicted molar refractivity (Wildman–Crippen MR) is 49.3 cm³/mol. The lowest BCUT2D eigenvalue weighted by molar-refractivity contribution is -0.188. The Morgan fingerprint density at radius 3 is 2.56 bits per heavy atom. The highest BCUT2D eigenvalue weighted by molar-refractivity contribution is 5.85. The summed E-state index contributed by atoms with van der Waals surface area (Å²) >= 11 is 0. The minimum absolute atomic E-state index is 0.204. The number of hydrogen-bond donors (Lipinski definition) is 0. The molecule has 0 aromatic rings. The number of halogens is 4. The lowest BCUT2D eigenvalue weighted by Gasteiger charge is -2.33. The van der Waals surface area contributed by atoms with Gasteiger partial charge in [0.05, 0.1) is 20.3 Å². The van der Waals surface area contributed by atoms with Crippen LogP contribution in [0.3, 0.4) is 0 Å². The Morgan fingerprint density at radius 1 is 1.44 bits per heavy atom. The first-order valence-electron chi connectivity index (χ1n) is 4.95. The molecule has 1 aliphatic rings. The zero-order valence-corrected chi connectivity index (χ0v) is 9.37. The molecule has 5 nitrogen and oxygen atoms in total. The van der Waals surface area contributed by atoms with Gasteiger partial charge in [-0.05, 0) is 0 Å². The van der Waals surface area contributed by atoms with Crippen LogP contribution in [0.1, 0.15) is 0 Å². The van der Waals surface area contributed by atoms with Gasteiger partial charge in [-0.3, -0.25) is 4.79 Å². The molecule has 0 bridgehead atoms. The van der Waals surface area contributed by atoms with Crippen molar-refractivity contribution in [1.82, 2.24) is 4.90 Å². The summed E-state index contributed by atoms with van der Waals surface area (Å²) in [5.41, 5.74) is 0. The van der Waals surface area contributed by atoms with Crippen molar-refractivity contribution in [2.24, 2.45) is 0 Å². The molecule has 104 valence electrons. The van der Waals surface area contributed by atoms with E-state index in [0.717, 1.165) is 7.11 Å². The van der Waals surface area contributed by atoms with E-state index in [1.54, 1.807) is 0 Å². The van der Waals surface area contributed by atoms with Crippen molar-refractivity contribution in [2.45, 2.75) is 18.5 Å². The monoisotopic (exact) mass is 273 g/mol. The molecular formula is C9H11F4NO4. The molecule has 0 aromatic heterocycles. The maximum Gasteiger partial charge on any atom is 0.383 e. The van der Waals surface area contributed by atoms with Crippen LogP contribution in [0, 0.1) is 0 Å². The second-order valence-corrected chi connectivity index (χ2v) is 3.56. The van der Waals surface area contributed by atoms with E-state index in [9.17, 15) is 27.2 Å². The number of esters is 1. The van der Waals surface area contributed by atoms with Gasteiger partial charge in [-0.2, -0.15) is 8.78 Å². The van der Waals surface area contributed by atoms with Crippen LogP contribution >= 0.6 is 0 Å². The summed E-state index contributed by atoms with van der Waals surface area (Å²) in [6, 6.07) is 0. The van der Waals surface area contributed by atoms with Gasteiger partial charge in [0.2, 0.25) is 0 Å². The Balaban J connectivity index is 2.72. The summed E-state index contributed by atoms with van der Waals surface area (Å²) in [4.78, 5) is 22.8. The van der Waals surface area contributed by atoms with Crippen LogP contribution in [0.25, 0.3) is 0 Å². The van der Waals surface area contributed by atoms with Gasteiger partial charge in [0.15, 0.2) is 6.10 Å². The van der Waals surface area contributed by atoms with Gasteiger partial charge in [0.25, 0.3) is 5.91 Å². The molecule has 1 amide bonds. The third-order valence-electron chi connectivity index (χ3n) is 2.38. The molecule has 0 N–H and O–H groups in total. The van der Waals surface area contributed by atoms with E-state index in [2.05, 4.69) is 4.74 Å². The minimum atomic E-state index is -4.77. The van der Waals surface area contributed by atoms with Gasteiger partial charge in [0.1, 0.15) is 0 Å². The molecule has 1 unspecified atom stereocenters. The quantitative estimate of drug-likeness (QED) is 0.548. The number of morpholine rings is 1. The fourth-order valence-corrected chi connectivity index (χ4v) is 1.41. The average Bonchev–Trinajstić information content (AvgIpc) is 2.36. The molecule has 0 aliphatic carbocycles. The molecule has 0 spiro atoms. The summed E-state index contributed by atoms with van der Waals surface area (Å²) in [7, 11) is 1.06. The molecule has 0 aromatic carbocycles. The maximum absolute atomic E-state index is 12.8. The molecule has 1 rings (SSSR count). The Hall–Kier alpha value is -1.38. The lowest BCUT2D eigenvalue weighted by atomic mass is 10.2. The topological polar surface area (TPSA) is 55.8 Å². The van der Waals surface area contributed by atoms with Crippen LogP contribution in [0.15, 0.2) is 0 Å². The molecule has 0 radical (unpaired) electrons. The van der Waals surface area contributed by atoms with E-state index in [1.165, 1.54) is 0 Å². The first-order valence-corrected chi connectivity index (χ1v) is 4.95. The molecule has 9 heteroatoms. The van der Waals surface area contributed by atoms with Crippen LogP contribution in [0.4, 0.5) is 17.6 Å². The highest BCUT2D eigenvalue weighted by Gasteiger charge is 2.52. The van der Waals surface area contributed by atoms with E-state index in [4.69, 9.17) is 4.74 Å². The predicted octanol–water partition coefficient (Wildman–Crippen LogP) is 0.287. The van der Waals surface area contributed by atoms with Gasteiger partial charge < -0.3 is 14.4 Å². The molecule has 1 saturated heterocycles. The Kier molecular flexibility index (Phi) is 4.49. The summed E-state index contributed by atoms with van der Waals surface area (Å²) in [5.74, 6) is -7.64. The SMILES string of the molecule is COC(=O)C1CN(C(=O)C(F)(F)C(F)F)CCO1. The summed E-state index contributed by atoms with van der Waals surface area (Å²) < 4.78 is 58.9. The highest BCUT2D eigenvalue weighted by Crippen LogP contribution is 2.26. The number of nitrogens with zero attached hydrogens (tertiary/aromatic N) is 1. The summed E-state index contributed by atoms with van der Waals surface area (Å²) in [6.07, 6.45) is -5.33. The number of amides is 1. The number of rotatable bonds is 3. The van der Waals surface area contributed by atoms with E-state index >= 15 is 0 Å². The van der Waals surface area contributed by atoms with Crippen molar-refractivity contribution in [3.8, 4) is 0 Å². The van der Waals surface area contributed by atoms with E-state index in [-0.39, 0.29) is 13.2 Å². The molecule has 0 saturated carbocycles. The first-order chi connectivity index (χ1) is 8.30. The second kappa shape index (κ2) is 5.51. The van der Waals surface area contributed by atoms with Crippen LogP contribution in [0.2, 0.25) is 0 Å². The van der Waals surface area contributed by atoms with Crippen molar-refractivity contribution in [1.29, 1.82) is 0 Å². The normalized spacial score (nSPS) is 21.0. The van der Waals surface area contributed by atoms with E-state index in [0.29, 0.717) is 4.90 Å². The Labute approximate surface area is 99.6 Å². The van der Waals surface area contributed by atoms with Gasteiger partial charge in [-0.1, -0.05) is 0 Å². The number of carbonyl (C=O) groups is 2. The van der Waals surface area contributed by atoms with Crippen molar-refractivity contribution in [3.63, 3.8) is 0 Å². The van der Waals surface area contributed by atoms with Crippen molar-refractivity contribution in [3.05, 3.63) is 0 Å². The number of carbonyl (C=O) groups excluding carboxylic acids is 2. The zero-order valence-electron chi connectivity index (χ0n) is 9.37. The number of ether oxygens (including phenoxy) is 2. The smallest absolute Gasteiger partial charge is 0.383 e. The second-order valence-electron chi connectivity index (χ2n) is 3.56. The van der Waals surface area contributed by atoms with Crippen LogP contribution < -0.4 is 0 Å². The summed E-state index contributed by atoms with van der Waals surface area (Å²) in [5, 5.41) is 0. The molecule has 18 heavy (non-hydrogen) atoms.